The summed E-state index contributed by atoms with van der Waals surface area (Å²) >= 11 is 0. The summed E-state index contributed by atoms with van der Waals surface area (Å²) in [4.78, 5) is 42.3. The number of alkyl carbamates (subject to hydrolysis) is 1. The highest BCUT2D eigenvalue weighted by atomic mass is 16.6. The van der Waals surface area contributed by atoms with E-state index in [2.05, 4.69) is 23.6 Å². The Hall–Kier alpha value is -2.57. The average Bonchev–Trinajstić information content (AvgIpc) is 2.70. The third-order valence-corrected chi connectivity index (χ3v) is 6.49. The molecule has 0 heterocycles. The van der Waals surface area contributed by atoms with E-state index in [1.807, 2.05) is 39.8 Å². The normalized spacial score (nSPS) is 15.6. The van der Waals surface area contributed by atoms with Crippen LogP contribution in [0, 0.1) is 19.8 Å². The quantitative estimate of drug-likeness (QED) is 0.387. The van der Waals surface area contributed by atoms with E-state index in [0.29, 0.717) is 13.0 Å². The van der Waals surface area contributed by atoms with Crippen molar-refractivity contribution in [3.63, 3.8) is 0 Å². The van der Waals surface area contributed by atoms with Crippen LogP contribution >= 0.6 is 0 Å². The number of amides is 3. The molecule has 0 radical (unpaired) electrons. The Morgan fingerprint density at radius 1 is 1.14 bits per heavy atom. The molecule has 2 atom stereocenters. The lowest BCUT2D eigenvalue weighted by atomic mass is 9.86. The van der Waals surface area contributed by atoms with Crippen molar-refractivity contribution in [1.29, 1.82) is 0 Å². The molecule has 0 spiro atoms. The average molecular weight is 502 g/mol. The van der Waals surface area contributed by atoms with Gasteiger partial charge in [-0.15, -0.1) is 0 Å². The van der Waals surface area contributed by atoms with Crippen molar-refractivity contribution >= 4 is 17.9 Å². The fourth-order valence-corrected chi connectivity index (χ4v) is 4.54. The van der Waals surface area contributed by atoms with Gasteiger partial charge >= 0.3 is 6.09 Å². The lowest BCUT2D eigenvalue weighted by molar-refractivity contribution is -0.147. The largest absolute Gasteiger partial charge is 0.444 e. The molecule has 1 fully saturated rings. The summed E-state index contributed by atoms with van der Waals surface area (Å²) in [6, 6.07) is 4.42. The highest BCUT2D eigenvalue weighted by Crippen LogP contribution is 2.35. The number of hydrogen-bond donors (Lipinski definition) is 2. The molecule has 1 aliphatic carbocycles. The second-order valence-electron chi connectivity index (χ2n) is 11.6. The Labute approximate surface area is 217 Å². The molecule has 0 saturated heterocycles. The van der Waals surface area contributed by atoms with Gasteiger partial charge in [0.05, 0.1) is 0 Å². The standard InChI is InChI=1S/C29H47N3O4/c1-9-10-16-30-26(33)25(23-15-14-20(4)18-21(23)5)32(22-12-11-13-22)27(34)24(17-19(2)3)31-28(35)36-29(6,7)8/h14-15,18-19,22,24-25H,9-13,16-17H2,1-8H3,(H,30,33)(H,31,35). The molecule has 2 N–H and O–H groups in total. The minimum absolute atomic E-state index is 0.0461. The molecule has 1 aromatic carbocycles. The Bertz CT molecular complexity index is 902. The Morgan fingerprint density at radius 3 is 2.31 bits per heavy atom. The molecule has 0 aromatic heterocycles. The van der Waals surface area contributed by atoms with Gasteiger partial charge in [0, 0.05) is 12.6 Å². The van der Waals surface area contributed by atoms with E-state index >= 15 is 0 Å². The Morgan fingerprint density at radius 2 is 1.81 bits per heavy atom. The molecule has 7 nitrogen and oxygen atoms in total. The van der Waals surface area contributed by atoms with E-state index in [1.165, 1.54) is 0 Å². The van der Waals surface area contributed by atoms with E-state index < -0.39 is 23.8 Å². The van der Waals surface area contributed by atoms with Crippen molar-refractivity contribution in [1.82, 2.24) is 15.5 Å². The van der Waals surface area contributed by atoms with Crippen LogP contribution in [0.4, 0.5) is 4.79 Å². The summed E-state index contributed by atoms with van der Waals surface area (Å²) in [6.07, 6.45) is 4.38. The monoisotopic (exact) mass is 501 g/mol. The number of aryl methyl sites for hydroxylation is 2. The number of nitrogens with zero attached hydrogens (tertiary/aromatic N) is 1. The first-order valence-corrected chi connectivity index (χ1v) is 13.5. The van der Waals surface area contributed by atoms with Crippen LogP contribution in [0.1, 0.15) is 103 Å². The first-order valence-electron chi connectivity index (χ1n) is 13.5. The summed E-state index contributed by atoms with van der Waals surface area (Å²) in [6.45, 7) is 16.1. The topological polar surface area (TPSA) is 87.7 Å². The summed E-state index contributed by atoms with van der Waals surface area (Å²) in [7, 11) is 0. The van der Waals surface area contributed by atoms with Crippen molar-refractivity contribution in [2.45, 2.75) is 118 Å². The number of benzene rings is 1. The van der Waals surface area contributed by atoms with Gasteiger partial charge in [-0.05, 0) is 83.8 Å². The van der Waals surface area contributed by atoms with Gasteiger partial charge in [-0.3, -0.25) is 9.59 Å². The number of unbranched alkanes of at least 4 members (excludes halogenated alkanes) is 1. The number of hydrogen-bond acceptors (Lipinski definition) is 4. The summed E-state index contributed by atoms with van der Waals surface area (Å²) in [5.74, 6) is -0.235. The van der Waals surface area contributed by atoms with E-state index in [4.69, 9.17) is 4.74 Å². The predicted molar refractivity (Wildman–Crippen MR) is 144 cm³/mol. The van der Waals surface area contributed by atoms with Crippen LogP contribution in [0.2, 0.25) is 0 Å². The predicted octanol–water partition coefficient (Wildman–Crippen LogP) is 5.58. The number of carbonyl (C=O) groups is 3. The van der Waals surface area contributed by atoms with Crippen molar-refractivity contribution in [2.24, 2.45) is 5.92 Å². The van der Waals surface area contributed by atoms with Crippen LogP contribution in [-0.2, 0) is 14.3 Å². The molecular formula is C29H47N3O4. The molecule has 1 aliphatic rings. The van der Waals surface area contributed by atoms with Gasteiger partial charge < -0.3 is 20.3 Å². The third kappa shape index (κ3) is 8.52. The molecule has 36 heavy (non-hydrogen) atoms. The second-order valence-corrected chi connectivity index (χ2v) is 11.6. The minimum atomic E-state index is -0.780. The molecule has 202 valence electrons. The van der Waals surface area contributed by atoms with E-state index in [0.717, 1.165) is 48.8 Å². The van der Waals surface area contributed by atoms with Gasteiger partial charge in [0.25, 0.3) is 0 Å². The van der Waals surface area contributed by atoms with Crippen LogP contribution in [-0.4, -0.2) is 47.0 Å². The second kappa shape index (κ2) is 13.1. The molecule has 0 aliphatic heterocycles. The minimum Gasteiger partial charge on any atom is -0.444 e. The van der Waals surface area contributed by atoms with Gasteiger partial charge in [-0.25, -0.2) is 4.79 Å². The van der Waals surface area contributed by atoms with Gasteiger partial charge in [-0.2, -0.15) is 0 Å². The zero-order valence-corrected chi connectivity index (χ0v) is 23.6. The van der Waals surface area contributed by atoms with Crippen molar-refractivity contribution < 1.29 is 19.1 Å². The zero-order valence-electron chi connectivity index (χ0n) is 23.6. The SMILES string of the molecule is CCCCNC(=O)C(c1ccc(C)cc1C)N(C(=O)C(CC(C)C)NC(=O)OC(C)(C)C)C1CCC1. The number of carbonyl (C=O) groups excluding carboxylic acids is 3. The highest BCUT2D eigenvalue weighted by Gasteiger charge is 2.42. The molecule has 0 bridgehead atoms. The Balaban J connectivity index is 2.49. The third-order valence-electron chi connectivity index (χ3n) is 6.49. The number of nitrogens with one attached hydrogen (secondary N) is 2. The van der Waals surface area contributed by atoms with Crippen molar-refractivity contribution in [3.8, 4) is 0 Å². The first kappa shape index (κ1) is 29.7. The smallest absolute Gasteiger partial charge is 0.408 e. The van der Waals surface area contributed by atoms with Crippen LogP contribution in [0.5, 0.6) is 0 Å². The molecule has 1 aromatic rings. The zero-order chi connectivity index (χ0) is 27.0. The molecular weight excluding hydrogens is 454 g/mol. The lowest BCUT2D eigenvalue weighted by Gasteiger charge is -2.44. The van der Waals surface area contributed by atoms with E-state index in [9.17, 15) is 14.4 Å². The van der Waals surface area contributed by atoms with Crippen molar-refractivity contribution in [2.75, 3.05) is 6.54 Å². The van der Waals surface area contributed by atoms with Crippen LogP contribution in [0.25, 0.3) is 0 Å². The maximum atomic E-state index is 14.2. The summed E-state index contributed by atoms with van der Waals surface area (Å²) in [5.41, 5.74) is 2.23. The fourth-order valence-electron chi connectivity index (χ4n) is 4.54. The highest BCUT2D eigenvalue weighted by molar-refractivity contribution is 5.92. The van der Waals surface area contributed by atoms with Crippen molar-refractivity contribution in [3.05, 3.63) is 34.9 Å². The van der Waals surface area contributed by atoms with E-state index in [1.54, 1.807) is 25.7 Å². The molecule has 7 heteroatoms. The number of ether oxygens (including phenoxy) is 1. The lowest BCUT2D eigenvalue weighted by Crippen LogP contribution is -2.57. The van der Waals surface area contributed by atoms with Gasteiger partial charge in [0.1, 0.15) is 17.7 Å². The van der Waals surface area contributed by atoms with Gasteiger partial charge in [0.2, 0.25) is 11.8 Å². The fraction of sp³-hybridized carbons (Fsp3) is 0.690. The maximum Gasteiger partial charge on any atom is 0.408 e. The molecule has 1 saturated carbocycles. The van der Waals surface area contributed by atoms with Crippen LogP contribution in [0.15, 0.2) is 18.2 Å². The van der Waals surface area contributed by atoms with Gasteiger partial charge in [0.15, 0.2) is 0 Å². The van der Waals surface area contributed by atoms with Crippen LogP contribution < -0.4 is 10.6 Å². The van der Waals surface area contributed by atoms with Crippen LogP contribution in [0.3, 0.4) is 0 Å². The summed E-state index contributed by atoms with van der Waals surface area (Å²) < 4.78 is 5.47. The maximum absolute atomic E-state index is 14.2. The Kier molecular flexibility index (Phi) is 10.8. The molecule has 2 unspecified atom stereocenters. The number of rotatable bonds is 11. The van der Waals surface area contributed by atoms with Gasteiger partial charge in [-0.1, -0.05) is 51.0 Å². The molecule has 2 rings (SSSR count). The molecule has 3 amide bonds. The first-order chi connectivity index (χ1) is 16.8. The summed E-state index contributed by atoms with van der Waals surface area (Å²) in [5, 5.41) is 5.89. The van der Waals surface area contributed by atoms with E-state index in [-0.39, 0.29) is 23.8 Å².